The number of carbonyl (C=O) groups excluding carboxylic acids is 1. The molecule has 3 rings (SSSR count). The summed E-state index contributed by atoms with van der Waals surface area (Å²) in [6.45, 7) is 2.91. The number of hydrogen-bond acceptors (Lipinski definition) is 4. The molecule has 0 saturated carbocycles. The first-order valence-electron chi connectivity index (χ1n) is 7.00. The predicted octanol–water partition coefficient (Wildman–Crippen LogP) is 2.20. The molecule has 5 nitrogen and oxygen atoms in total. The average Bonchev–Trinajstić information content (AvgIpc) is 2.93. The fourth-order valence-electron chi connectivity index (χ4n) is 2.58. The molecule has 0 fully saturated rings. The summed E-state index contributed by atoms with van der Waals surface area (Å²) in [7, 11) is 1.76. The van der Waals surface area contributed by atoms with Gasteiger partial charge in [0.1, 0.15) is 5.76 Å². The van der Waals surface area contributed by atoms with Gasteiger partial charge in [0, 0.05) is 26.1 Å². The lowest BCUT2D eigenvalue weighted by atomic mass is 9.99. The number of aromatic nitrogens is 1. The summed E-state index contributed by atoms with van der Waals surface area (Å²) in [6, 6.07) is 9.90. The van der Waals surface area contributed by atoms with E-state index in [9.17, 15) is 4.79 Å². The molecule has 2 heterocycles. The lowest BCUT2D eigenvalue weighted by Gasteiger charge is -2.28. The molecule has 1 aliphatic heterocycles. The molecule has 0 bridgehead atoms. The normalized spacial score (nSPS) is 17.3. The zero-order valence-electron chi connectivity index (χ0n) is 12.2. The van der Waals surface area contributed by atoms with Crippen LogP contribution in [0.2, 0.25) is 0 Å². The maximum absolute atomic E-state index is 12.2. The van der Waals surface area contributed by atoms with Gasteiger partial charge in [0.2, 0.25) is 0 Å². The van der Waals surface area contributed by atoms with Crippen LogP contribution in [0.25, 0.3) is 0 Å². The van der Waals surface area contributed by atoms with Crippen LogP contribution >= 0.6 is 0 Å². The summed E-state index contributed by atoms with van der Waals surface area (Å²) in [4.78, 5) is 13.9. The molecular formula is C16H18N2O3. The third kappa shape index (κ3) is 2.97. The van der Waals surface area contributed by atoms with Gasteiger partial charge < -0.3 is 14.2 Å². The summed E-state index contributed by atoms with van der Waals surface area (Å²) in [6.07, 6.45) is 0.841. The zero-order valence-corrected chi connectivity index (χ0v) is 12.2. The second-order valence-corrected chi connectivity index (χ2v) is 5.41. The number of amides is 1. The highest BCUT2D eigenvalue weighted by molar-refractivity contribution is 5.92. The van der Waals surface area contributed by atoms with Gasteiger partial charge in [0.25, 0.3) is 5.91 Å². The Hall–Kier alpha value is -2.14. The molecule has 0 saturated heterocycles. The van der Waals surface area contributed by atoms with Crippen molar-refractivity contribution in [2.24, 2.45) is 0 Å². The summed E-state index contributed by atoms with van der Waals surface area (Å²) >= 11 is 0. The van der Waals surface area contributed by atoms with Crippen molar-refractivity contribution in [3.05, 3.63) is 52.9 Å². The number of carbonyl (C=O) groups is 1. The Morgan fingerprint density at radius 3 is 2.86 bits per heavy atom. The molecule has 1 aliphatic rings. The van der Waals surface area contributed by atoms with Gasteiger partial charge in [-0.3, -0.25) is 4.79 Å². The topological polar surface area (TPSA) is 55.6 Å². The second kappa shape index (κ2) is 5.69. The Kier molecular flexibility index (Phi) is 3.75. The molecular weight excluding hydrogens is 268 g/mol. The highest BCUT2D eigenvalue weighted by Gasteiger charge is 2.23. The smallest absolute Gasteiger partial charge is 0.275 e. The minimum Gasteiger partial charge on any atom is -0.371 e. The van der Waals surface area contributed by atoms with Crippen molar-refractivity contribution in [1.29, 1.82) is 0 Å². The summed E-state index contributed by atoms with van der Waals surface area (Å²) < 4.78 is 10.8. The standard InChI is InChI=1S/C16H18N2O3/c1-11-7-15(17-21-11)16(19)18(2)9-14-8-12-5-3-4-6-13(12)10-20-14/h3-7,14H,8-10H2,1-2H3. The molecule has 0 aliphatic carbocycles. The van der Waals surface area contributed by atoms with Crippen molar-refractivity contribution >= 4 is 5.91 Å². The highest BCUT2D eigenvalue weighted by atomic mass is 16.5. The van der Waals surface area contributed by atoms with E-state index in [0.717, 1.165) is 6.42 Å². The van der Waals surface area contributed by atoms with E-state index in [2.05, 4.69) is 17.3 Å². The number of aryl methyl sites for hydroxylation is 1. The molecule has 0 radical (unpaired) electrons. The molecule has 1 atom stereocenters. The number of benzene rings is 1. The van der Waals surface area contributed by atoms with E-state index >= 15 is 0 Å². The highest BCUT2D eigenvalue weighted by Crippen LogP contribution is 2.21. The van der Waals surface area contributed by atoms with Crippen LogP contribution in [0.5, 0.6) is 0 Å². The van der Waals surface area contributed by atoms with Gasteiger partial charge in [-0.1, -0.05) is 29.4 Å². The summed E-state index contributed by atoms with van der Waals surface area (Å²) in [5.74, 6) is 0.490. The monoisotopic (exact) mass is 286 g/mol. The lowest BCUT2D eigenvalue weighted by Crippen LogP contribution is -2.38. The van der Waals surface area contributed by atoms with Crippen LogP contribution in [0.3, 0.4) is 0 Å². The van der Waals surface area contributed by atoms with Crippen LogP contribution < -0.4 is 0 Å². The van der Waals surface area contributed by atoms with Crippen molar-refractivity contribution in [2.75, 3.05) is 13.6 Å². The maximum atomic E-state index is 12.2. The molecule has 2 aromatic rings. The first-order chi connectivity index (χ1) is 10.1. The Morgan fingerprint density at radius 1 is 1.38 bits per heavy atom. The predicted molar refractivity (Wildman–Crippen MR) is 76.9 cm³/mol. The van der Waals surface area contributed by atoms with Gasteiger partial charge >= 0.3 is 0 Å². The quantitative estimate of drug-likeness (QED) is 0.868. The van der Waals surface area contributed by atoms with E-state index in [1.807, 2.05) is 12.1 Å². The van der Waals surface area contributed by atoms with Crippen LogP contribution in [0.4, 0.5) is 0 Å². The minimum atomic E-state index is -0.144. The Balaban J connectivity index is 1.63. The fraction of sp³-hybridized carbons (Fsp3) is 0.375. The maximum Gasteiger partial charge on any atom is 0.275 e. The Morgan fingerprint density at radius 2 is 2.14 bits per heavy atom. The summed E-state index contributed by atoms with van der Waals surface area (Å²) in [5.41, 5.74) is 2.87. The number of likely N-dealkylation sites (N-methyl/N-ethyl adjacent to an activating group) is 1. The third-order valence-corrected chi connectivity index (χ3v) is 3.71. The molecule has 1 aromatic carbocycles. The molecule has 110 valence electrons. The number of ether oxygens (including phenoxy) is 1. The van der Waals surface area contributed by atoms with Crippen LogP contribution in [-0.4, -0.2) is 35.7 Å². The van der Waals surface area contributed by atoms with E-state index in [1.54, 1.807) is 24.9 Å². The molecule has 5 heteroatoms. The third-order valence-electron chi connectivity index (χ3n) is 3.71. The van der Waals surface area contributed by atoms with Gasteiger partial charge in [-0.25, -0.2) is 0 Å². The first-order valence-corrected chi connectivity index (χ1v) is 7.00. The number of nitrogens with zero attached hydrogens (tertiary/aromatic N) is 2. The Labute approximate surface area is 123 Å². The largest absolute Gasteiger partial charge is 0.371 e. The number of rotatable bonds is 3. The number of hydrogen-bond donors (Lipinski definition) is 0. The van der Waals surface area contributed by atoms with Crippen molar-refractivity contribution in [3.8, 4) is 0 Å². The molecule has 1 aromatic heterocycles. The van der Waals surface area contributed by atoms with Crippen molar-refractivity contribution in [3.63, 3.8) is 0 Å². The van der Waals surface area contributed by atoms with E-state index in [-0.39, 0.29) is 12.0 Å². The Bertz CT molecular complexity index is 650. The van der Waals surface area contributed by atoms with Gasteiger partial charge in [-0.2, -0.15) is 0 Å². The SMILES string of the molecule is Cc1cc(C(=O)N(C)CC2Cc3ccccc3CO2)no1. The molecule has 0 N–H and O–H groups in total. The number of fused-ring (bicyclic) bond motifs is 1. The van der Waals surface area contributed by atoms with Crippen molar-refractivity contribution in [2.45, 2.75) is 26.1 Å². The molecule has 0 spiro atoms. The van der Waals surface area contributed by atoms with Gasteiger partial charge in [0.15, 0.2) is 5.69 Å². The first kappa shape index (κ1) is 13.8. The molecule has 1 amide bonds. The molecule has 21 heavy (non-hydrogen) atoms. The van der Waals surface area contributed by atoms with Gasteiger partial charge in [-0.15, -0.1) is 0 Å². The van der Waals surface area contributed by atoms with Crippen LogP contribution in [0.1, 0.15) is 27.4 Å². The van der Waals surface area contributed by atoms with Gasteiger partial charge in [0.05, 0.1) is 12.7 Å². The lowest BCUT2D eigenvalue weighted by molar-refractivity contribution is 0.00964. The minimum absolute atomic E-state index is 0.0156. The summed E-state index contributed by atoms with van der Waals surface area (Å²) in [5, 5.41) is 3.76. The van der Waals surface area contributed by atoms with E-state index < -0.39 is 0 Å². The average molecular weight is 286 g/mol. The second-order valence-electron chi connectivity index (χ2n) is 5.41. The van der Waals surface area contributed by atoms with Gasteiger partial charge in [-0.05, 0) is 18.1 Å². The zero-order chi connectivity index (χ0) is 14.8. The molecule has 1 unspecified atom stereocenters. The van der Waals surface area contributed by atoms with Crippen molar-refractivity contribution < 1.29 is 14.1 Å². The van der Waals surface area contributed by atoms with E-state index in [1.165, 1.54) is 11.1 Å². The van der Waals surface area contributed by atoms with E-state index in [0.29, 0.717) is 24.6 Å². The van der Waals surface area contributed by atoms with E-state index in [4.69, 9.17) is 9.26 Å². The van der Waals surface area contributed by atoms with Crippen LogP contribution in [0, 0.1) is 6.92 Å². The fourth-order valence-corrected chi connectivity index (χ4v) is 2.58. The van der Waals surface area contributed by atoms with Crippen molar-refractivity contribution in [1.82, 2.24) is 10.1 Å². The van der Waals surface area contributed by atoms with Crippen LogP contribution in [-0.2, 0) is 17.8 Å². The van der Waals surface area contributed by atoms with Crippen LogP contribution in [0.15, 0.2) is 34.9 Å².